The van der Waals surface area contributed by atoms with Crippen LogP contribution in [0.4, 0.5) is 0 Å². The summed E-state index contributed by atoms with van der Waals surface area (Å²) in [5.41, 5.74) is 0.876. The van der Waals surface area contributed by atoms with Crippen LogP contribution in [0.15, 0.2) is 46.9 Å². The summed E-state index contributed by atoms with van der Waals surface area (Å²) in [4.78, 5) is 5.62. The molecule has 0 saturated heterocycles. The molecule has 8 heteroatoms. The van der Waals surface area contributed by atoms with E-state index in [9.17, 15) is 0 Å². The first kappa shape index (κ1) is 18.7. The molecule has 0 bridgehead atoms. The second-order valence-corrected chi connectivity index (χ2v) is 6.08. The molecule has 0 fully saturated rings. The van der Waals surface area contributed by atoms with E-state index in [4.69, 9.17) is 0 Å². The predicted octanol–water partition coefficient (Wildman–Crippen LogP) is 2.36. The number of nitrogens with zero attached hydrogens (tertiary/aromatic N) is 4. The summed E-state index contributed by atoms with van der Waals surface area (Å²) >= 11 is 1.78. The lowest BCUT2D eigenvalue weighted by molar-refractivity contribution is 0.758. The fraction of sp³-hybridized carbons (Fsp3) is 0.312. The minimum absolute atomic E-state index is 0. The number of thiophene rings is 1. The molecule has 0 unspecified atom stereocenters. The van der Waals surface area contributed by atoms with Crippen LogP contribution in [-0.4, -0.2) is 40.7 Å². The number of guanidine groups is 1. The zero-order valence-electron chi connectivity index (χ0n) is 13.5. The fourth-order valence-electron chi connectivity index (χ4n) is 2.33. The quantitative estimate of drug-likeness (QED) is 0.340. The van der Waals surface area contributed by atoms with Crippen molar-refractivity contribution in [2.75, 3.05) is 20.1 Å². The third-order valence-electron chi connectivity index (χ3n) is 3.49. The number of hydrogen-bond donors (Lipinski definition) is 2. The van der Waals surface area contributed by atoms with E-state index in [1.54, 1.807) is 18.4 Å². The summed E-state index contributed by atoms with van der Waals surface area (Å²) in [7, 11) is 1.78. The maximum absolute atomic E-state index is 4.24. The molecule has 0 aromatic carbocycles. The molecule has 2 N–H and O–H groups in total. The van der Waals surface area contributed by atoms with Crippen LogP contribution in [0.25, 0.3) is 5.65 Å². The van der Waals surface area contributed by atoms with Crippen LogP contribution in [0.1, 0.15) is 10.7 Å². The fourth-order valence-corrected chi connectivity index (χ4v) is 3.04. The van der Waals surface area contributed by atoms with Crippen LogP contribution < -0.4 is 10.6 Å². The number of fused-ring (bicyclic) bond motifs is 1. The van der Waals surface area contributed by atoms with Crippen molar-refractivity contribution in [3.8, 4) is 0 Å². The van der Waals surface area contributed by atoms with E-state index in [0.29, 0.717) is 0 Å². The van der Waals surface area contributed by atoms with Crippen molar-refractivity contribution in [2.45, 2.75) is 12.8 Å². The van der Waals surface area contributed by atoms with Crippen molar-refractivity contribution in [3.63, 3.8) is 0 Å². The summed E-state index contributed by atoms with van der Waals surface area (Å²) in [6, 6.07) is 10.1. The van der Waals surface area contributed by atoms with Crippen molar-refractivity contribution in [1.29, 1.82) is 0 Å². The van der Waals surface area contributed by atoms with Gasteiger partial charge in [-0.2, -0.15) is 0 Å². The maximum atomic E-state index is 4.24. The molecule has 0 aliphatic carbocycles. The molecular weight excluding hydrogens is 435 g/mol. The number of pyridine rings is 1. The van der Waals surface area contributed by atoms with Crippen molar-refractivity contribution >= 4 is 46.9 Å². The van der Waals surface area contributed by atoms with Crippen LogP contribution in [0.2, 0.25) is 0 Å². The van der Waals surface area contributed by atoms with Crippen molar-refractivity contribution in [3.05, 3.63) is 52.6 Å². The van der Waals surface area contributed by atoms with E-state index in [2.05, 4.69) is 43.3 Å². The molecule has 3 heterocycles. The summed E-state index contributed by atoms with van der Waals surface area (Å²) in [5.74, 6) is 1.76. The largest absolute Gasteiger partial charge is 0.356 e. The molecule has 0 spiro atoms. The minimum Gasteiger partial charge on any atom is -0.356 e. The Morgan fingerprint density at radius 1 is 1.12 bits per heavy atom. The predicted molar refractivity (Wildman–Crippen MR) is 109 cm³/mol. The highest BCUT2D eigenvalue weighted by Gasteiger charge is 2.04. The SMILES string of the molecule is CN=C(NCCc1cccs1)NCCc1nnc2ccccn12.I. The first-order valence-electron chi connectivity index (χ1n) is 7.62. The second kappa shape index (κ2) is 9.58. The van der Waals surface area contributed by atoms with Crippen molar-refractivity contribution in [2.24, 2.45) is 4.99 Å². The highest BCUT2D eigenvalue weighted by Crippen LogP contribution is 2.08. The highest BCUT2D eigenvalue weighted by atomic mass is 127. The lowest BCUT2D eigenvalue weighted by Gasteiger charge is -2.11. The zero-order valence-corrected chi connectivity index (χ0v) is 16.6. The van der Waals surface area contributed by atoms with Gasteiger partial charge in [0.05, 0.1) is 0 Å². The van der Waals surface area contributed by atoms with Crippen LogP contribution in [-0.2, 0) is 12.8 Å². The second-order valence-electron chi connectivity index (χ2n) is 5.05. The molecule has 6 nitrogen and oxygen atoms in total. The van der Waals surface area contributed by atoms with E-state index >= 15 is 0 Å². The molecule has 0 atom stereocenters. The lowest BCUT2D eigenvalue weighted by atomic mass is 10.3. The van der Waals surface area contributed by atoms with Gasteiger partial charge in [0.25, 0.3) is 0 Å². The van der Waals surface area contributed by atoms with E-state index in [-0.39, 0.29) is 24.0 Å². The average Bonchev–Trinajstić information content (AvgIpc) is 3.23. The van der Waals surface area contributed by atoms with Gasteiger partial charge in [0, 0.05) is 37.6 Å². The first-order chi connectivity index (χ1) is 11.4. The Hall–Kier alpha value is -1.68. The Kier molecular flexibility index (Phi) is 7.44. The van der Waals surface area contributed by atoms with Crippen molar-refractivity contribution < 1.29 is 0 Å². The van der Waals surface area contributed by atoms with Gasteiger partial charge in [-0.3, -0.25) is 9.39 Å². The smallest absolute Gasteiger partial charge is 0.191 e. The molecule has 3 rings (SSSR count). The highest BCUT2D eigenvalue weighted by molar-refractivity contribution is 14.0. The van der Waals surface area contributed by atoms with Gasteiger partial charge in [0.1, 0.15) is 5.82 Å². The van der Waals surface area contributed by atoms with E-state index in [0.717, 1.165) is 43.4 Å². The number of rotatable bonds is 6. The maximum Gasteiger partial charge on any atom is 0.191 e. The van der Waals surface area contributed by atoms with Gasteiger partial charge in [-0.1, -0.05) is 12.1 Å². The molecule has 0 amide bonds. The van der Waals surface area contributed by atoms with Crippen LogP contribution >= 0.6 is 35.3 Å². The average molecular weight is 456 g/mol. The number of hydrogen-bond acceptors (Lipinski definition) is 4. The third-order valence-corrected chi connectivity index (χ3v) is 4.43. The zero-order chi connectivity index (χ0) is 15.9. The van der Waals surface area contributed by atoms with Crippen LogP contribution in [0, 0.1) is 0 Å². The molecular formula is C16H21IN6S. The molecule has 0 aliphatic heterocycles. The monoisotopic (exact) mass is 456 g/mol. The lowest BCUT2D eigenvalue weighted by Crippen LogP contribution is -2.39. The molecule has 3 aromatic heterocycles. The summed E-state index contributed by atoms with van der Waals surface area (Å²) in [6.07, 6.45) is 3.78. The third kappa shape index (κ3) is 4.91. The first-order valence-corrected chi connectivity index (χ1v) is 8.50. The Morgan fingerprint density at radius 3 is 2.71 bits per heavy atom. The molecule has 0 radical (unpaired) electrons. The van der Waals surface area contributed by atoms with Gasteiger partial charge in [-0.25, -0.2) is 0 Å². The van der Waals surface area contributed by atoms with Gasteiger partial charge in [0.15, 0.2) is 11.6 Å². The van der Waals surface area contributed by atoms with Crippen LogP contribution in [0.5, 0.6) is 0 Å². The molecule has 24 heavy (non-hydrogen) atoms. The van der Waals surface area contributed by atoms with E-state index in [1.807, 2.05) is 28.8 Å². The summed E-state index contributed by atoms with van der Waals surface area (Å²) in [5, 5.41) is 17.1. The van der Waals surface area contributed by atoms with Gasteiger partial charge in [0.2, 0.25) is 0 Å². The van der Waals surface area contributed by atoms with Gasteiger partial charge in [-0.05, 0) is 30.0 Å². The van der Waals surface area contributed by atoms with Crippen molar-refractivity contribution in [1.82, 2.24) is 25.2 Å². The number of nitrogens with one attached hydrogen (secondary N) is 2. The topological polar surface area (TPSA) is 66.6 Å². The van der Waals surface area contributed by atoms with Gasteiger partial charge >= 0.3 is 0 Å². The van der Waals surface area contributed by atoms with E-state index < -0.39 is 0 Å². The number of aromatic nitrogens is 3. The van der Waals surface area contributed by atoms with Crippen LogP contribution in [0.3, 0.4) is 0 Å². The van der Waals surface area contributed by atoms with Gasteiger partial charge in [-0.15, -0.1) is 45.5 Å². The standard InChI is InChI=1S/C16H20N6S.HI/c1-17-16(18-9-7-13-5-4-12-23-13)19-10-8-15-21-20-14-6-2-3-11-22(14)15;/h2-6,11-12H,7-10H2,1H3,(H2,17,18,19);1H. The number of halogens is 1. The minimum atomic E-state index is 0. The molecule has 0 aliphatic rings. The van der Waals surface area contributed by atoms with E-state index in [1.165, 1.54) is 4.88 Å². The Morgan fingerprint density at radius 2 is 1.96 bits per heavy atom. The Balaban J connectivity index is 0.00000208. The summed E-state index contributed by atoms with van der Waals surface area (Å²) in [6.45, 7) is 1.63. The van der Waals surface area contributed by atoms with Gasteiger partial charge < -0.3 is 10.6 Å². The molecule has 0 saturated carbocycles. The number of aliphatic imine (C=N–C) groups is 1. The Bertz CT molecular complexity index is 768. The summed E-state index contributed by atoms with van der Waals surface area (Å²) < 4.78 is 2.01. The Labute approximate surface area is 162 Å². The molecule has 3 aromatic rings. The molecule has 128 valence electrons. The normalized spacial score (nSPS) is 11.3.